The third-order valence-corrected chi connectivity index (χ3v) is 9.45. The number of carbonyl (C=O) groups is 1. The summed E-state index contributed by atoms with van der Waals surface area (Å²) in [5.74, 6) is -0.194. The maximum atomic E-state index is 11.7. The van der Waals surface area contributed by atoms with E-state index in [0.29, 0.717) is 23.9 Å². The maximum absolute atomic E-state index is 11.7. The van der Waals surface area contributed by atoms with Gasteiger partial charge in [0.1, 0.15) is 0 Å². The van der Waals surface area contributed by atoms with E-state index >= 15 is 0 Å². The zero-order chi connectivity index (χ0) is 33.5. The van der Waals surface area contributed by atoms with Crippen molar-refractivity contribution >= 4 is 17.2 Å². The Kier molecular flexibility index (Phi) is 10.6. The Morgan fingerprint density at radius 1 is 0.702 bits per heavy atom. The zero-order valence-electron chi connectivity index (χ0n) is 28.2. The number of allylic oxidation sites excluding steroid dienone is 2. The summed E-state index contributed by atoms with van der Waals surface area (Å²) < 4.78 is 0. The first-order valence-corrected chi connectivity index (χ1v) is 16.4. The van der Waals surface area contributed by atoms with Crippen molar-refractivity contribution in [2.75, 3.05) is 0 Å². The minimum Gasteiger partial charge on any atom is -0.478 e. The summed E-state index contributed by atoms with van der Waals surface area (Å²) in [7, 11) is 0. The second-order valence-corrected chi connectivity index (χ2v) is 12.8. The fourth-order valence-corrected chi connectivity index (χ4v) is 6.09. The highest BCUT2D eigenvalue weighted by Crippen LogP contribution is 2.35. The Labute approximate surface area is 280 Å². The Balaban J connectivity index is 1.29. The summed E-state index contributed by atoms with van der Waals surface area (Å²) in [6.45, 7) is 16.3. The highest BCUT2D eigenvalue weighted by Gasteiger charge is 2.20. The number of rotatable bonds is 12. The first kappa shape index (κ1) is 33.2. The fraction of sp³-hybridized carbons (Fsp3) is 0.205. The van der Waals surface area contributed by atoms with E-state index in [1.165, 1.54) is 44.5 Å². The molecule has 3 nitrogen and oxygen atoms in total. The van der Waals surface area contributed by atoms with Gasteiger partial charge in [-0.1, -0.05) is 135 Å². The third-order valence-electron chi connectivity index (χ3n) is 9.45. The van der Waals surface area contributed by atoms with Gasteiger partial charge < -0.3 is 10.4 Å². The minimum atomic E-state index is -0.909. The molecule has 5 rings (SSSR count). The maximum Gasteiger partial charge on any atom is 0.336 e. The number of hydrogen-bond acceptors (Lipinski definition) is 2. The summed E-state index contributed by atoms with van der Waals surface area (Å²) >= 11 is 0. The van der Waals surface area contributed by atoms with Crippen LogP contribution in [0.5, 0.6) is 0 Å². The lowest BCUT2D eigenvalue weighted by atomic mass is 9.80. The molecule has 0 aliphatic carbocycles. The molecule has 2 unspecified atom stereocenters. The van der Waals surface area contributed by atoms with E-state index < -0.39 is 5.97 Å². The molecule has 0 aliphatic rings. The van der Waals surface area contributed by atoms with Gasteiger partial charge in [0.15, 0.2) is 0 Å². The van der Waals surface area contributed by atoms with Gasteiger partial charge in [0.2, 0.25) is 0 Å². The van der Waals surface area contributed by atoms with Crippen molar-refractivity contribution in [3.63, 3.8) is 0 Å². The molecule has 0 heterocycles. The molecule has 0 saturated carbocycles. The first-order chi connectivity index (χ1) is 22.6. The molecule has 238 valence electrons. The van der Waals surface area contributed by atoms with Gasteiger partial charge in [-0.05, 0) is 107 Å². The largest absolute Gasteiger partial charge is 0.478 e. The van der Waals surface area contributed by atoms with Gasteiger partial charge in [-0.3, -0.25) is 0 Å². The quantitative estimate of drug-likeness (QED) is 0.146. The van der Waals surface area contributed by atoms with Gasteiger partial charge >= 0.3 is 5.97 Å². The lowest BCUT2D eigenvalue weighted by Crippen LogP contribution is -2.14. The molecule has 0 spiro atoms. The molecule has 0 fully saturated rings. The number of carboxylic acids is 1. The van der Waals surface area contributed by atoms with Gasteiger partial charge in [0.25, 0.3) is 0 Å². The molecular weight excluding hydrogens is 574 g/mol. The lowest BCUT2D eigenvalue weighted by molar-refractivity contribution is 0.0697. The molecule has 2 atom stereocenters. The van der Waals surface area contributed by atoms with Gasteiger partial charge in [0.05, 0.1) is 5.56 Å². The molecule has 0 amide bonds. The van der Waals surface area contributed by atoms with Crippen molar-refractivity contribution in [3.8, 4) is 22.3 Å². The molecule has 0 aromatic heterocycles. The Bertz CT molecular complexity index is 1880. The average molecular weight is 620 g/mol. The van der Waals surface area contributed by atoms with Crippen LogP contribution in [0.4, 0.5) is 0 Å². The van der Waals surface area contributed by atoms with Crippen molar-refractivity contribution in [3.05, 3.63) is 167 Å². The molecule has 2 N–H and O–H groups in total. The van der Waals surface area contributed by atoms with Crippen LogP contribution in [-0.2, 0) is 13.0 Å². The number of carboxylic acid groups (broad SMARTS) is 1. The Morgan fingerprint density at radius 3 is 1.96 bits per heavy atom. The second kappa shape index (κ2) is 15.0. The Morgan fingerprint density at radius 2 is 1.30 bits per heavy atom. The van der Waals surface area contributed by atoms with E-state index in [-0.39, 0.29) is 0 Å². The van der Waals surface area contributed by atoms with Crippen molar-refractivity contribution in [1.29, 1.82) is 0 Å². The van der Waals surface area contributed by atoms with E-state index in [2.05, 4.69) is 125 Å². The molecule has 47 heavy (non-hydrogen) atoms. The van der Waals surface area contributed by atoms with Crippen LogP contribution in [0.25, 0.3) is 33.5 Å². The standard InChI is InChI=1S/C44H45NO2/c1-29(2)31(4)43-27-39(33(6)45-28-35-18-20-37(21-19-35)36-12-8-7-9-13-36)24-25-40(43)32(5)30(3)26-34-16-22-38(23-17-34)41-14-10-11-15-42(41)44(46)47/h7-25,27,30,32,45H,6,26,28H2,1-5H3,(H,46,47). The highest BCUT2D eigenvalue weighted by molar-refractivity contribution is 5.96. The smallest absolute Gasteiger partial charge is 0.336 e. The van der Waals surface area contributed by atoms with E-state index in [0.717, 1.165) is 28.8 Å². The van der Waals surface area contributed by atoms with Crippen LogP contribution >= 0.6 is 0 Å². The first-order valence-electron chi connectivity index (χ1n) is 16.4. The van der Waals surface area contributed by atoms with Crippen molar-refractivity contribution in [1.82, 2.24) is 5.32 Å². The normalized spacial score (nSPS) is 12.2. The third kappa shape index (κ3) is 7.99. The molecule has 0 radical (unpaired) electrons. The average Bonchev–Trinajstić information content (AvgIpc) is 3.10. The predicted molar refractivity (Wildman–Crippen MR) is 198 cm³/mol. The van der Waals surface area contributed by atoms with E-state index in [4.69, 9.17) is 0 Å². The number of nitrogens with one attached hydrogen (secondary N) is 1. The number of hydrogen-bond donors (Lipinski definition) is 2. The minimum absolute atomic E-state index is 0.322. The monoisotopic (exact) mass is 619 g/mol. The molecule has 0 aliphatic heterocycles. The zero-order valence-corrected chi connectivity index (χ0v) is 28.2. The van der Waals surface area contributed by atoms with Crippen LogP contribution in [0.15, 0.2) is 133 Å². The lowest BCUT2D eigenvalue weighted by Gasteiger charge is -2.25. The summed E-state index contributed by atoms with van der Waals surface area (Å²) in [5.41, 5.74) is 14.1. The molecule has 5 aromatic rings. The molecule has 0 bridgehead atoms. The fourth-order valence-electron chi connectivity index (χ4n) is 6.09. The summed E-state index contributed by atoms with van der Waals surface area (Å²) in [5, 5.41) is 13.2. The van der Waals surface area contributed by atoms with Crippen LogP contribution in [0.3, 0.4) is 0 Å². The molecular formula is C44H45NO2. The summed E-state index contributed by atoms with van der Waals surface area (Å²) in [6.07, 6.45) is 0.925. The van der Waals surface area contributed by atoms with Gasteiger partial charge in [-0.15, -0.1) is 0 Å². The Hall–Kier alpha value is -5.15. The van der Waals surface area contributed by atoms with Crippen molar-refractivity contribution < 1.29 is 9.90 Å². The predicted octanol–water partition coefficient (Wildman–Crippen LogP) is 11.3. The highest BCUT2D eigenvalue weighted by atomic mass is 16.4. The van der Waals surface area contributed by atoms with Gasteiger partial charge in [-0.25, -0.2) is 4.79 Å². The second-order valence-electron chi connectivity index (χ2n) is 12.8. The summed E-state index contributed by atoms with van der Waals surface area (Å²) in [4.78, 5) is 11.7. The number of benzene rings is 5. The summed E-state index contributed by atoms with van der Waals surface area (Å²) in [6, 6.07) is 41.4. The number of aromatic carboxylic acids is 1. The van der Waals surface area contributed by atoms with Crippen molar-refractivity contribution in [2.24, 2.45) is 5.92 Å². The van der Waals surface area contributed by atoms with Crippen LogP contribution < -0.4 is 5.32 Å². The molecule has 3 heteroatoms. The molecule has 5 aromatic carbocycles. The van der Waals surface area contributed by atoms with Gasteiger partial charge in [0, 0.05) is 12.2 Å². The van der Waals surface area contributed by atoms with Crippen LogP contribution in [0.2, 0.25) is 0 Å². The van der Waals surface area contributed by atoms with Crippen LogP contribution in [-0.4, -0.2) is 11.1 Å². The van der Waals surface area contributed by atoms with Crippen LogP contribution in [0.1, 0.15) is 78.7 Å². The van der Waals surface area contributed by atoms with E-state index in [9.17, 15) is 9.90 Å². The van der Waals surface area contributed by atoms with Crippen molar-refractivity contribution in [2.45, 2.75) is 53.5 Å². The van der Waals surface area contributed by atoms with E-state index in [1.54, 1.807) is 12.1 Å². The SMILES string of the molecule is C=C(NCc1ccc(-c2ccccc2)cc1)c1ccc(C(C)C(C)Cc2ccc(-c3ccccc3C(=O)O)cc2)c(C(C)=C(C)C)c1. The topological polar surface area (TPSA) is 49.3 Å². The van der Waals surface area contributed by atoms with Gasteiger partial charge in [-0.2, -0.15) is 0 Å². The van der Waals surface area contributed by atoms with E-state index in [1.807, 2.05) is 30.3 Å². The molecule has 0 saturated heterocycles. The van der Waals surface area contributed by atoms with Crippen LogP contribution in [0, 0.1) is 5.92 Å².